The standard InChI is InChI=1S/C24H28ClN3O3Si/c1-24(2,3)32(18-11-7-5-8-12-18,19-13-9-6-10-14-19)31-17-20(22(29)30-4)27-21-15-16-26-23(25)28-21/h5-16,20H,17H2,1-4H3,(H,26,27,28)/t20-/m1/s1. The summed E-state index contributed by atoms with van der Waals surface area (Å²) in [5.74, 6) is -0.0240. The van der Waals surface area contributed by atoms with Crippen LogP contribution in [0, 0.1) is 0 Å². The first-order valence-corrected chi connectivity index (χ1v) is 12.6. The van der Waals surface area contributed by atoms with Gasteiger partial charge < -0.3 is 14.5 Å². The van der Waals surface area contributed by atoms with Crippen molar-refractivity contribution < 1.29 is 14.0 Å². The number of anilines is 1. The molecule has 1 atom stereocenters. The maximum absolute atomic E-state index is 12.6. The number of nitrogens with zero attached hydrogens (tertiary/aromatic N) is 2. The SMILES string of the molecule is COC(=O)[C@@H](CO[Si](c1ccccc1)(c1ccccc1)C(C)(C)C)Nc1ccnc(Cl)n1. The fourth-order valence-corrected chi connectivity index (χ4v) is 8.59. The number of carbonyl (C=O) groups excluding carboxylic acids is 1. The van der Waals surface area contributed by atoms with Crippen LogP contribution in [0.2, 0.25) is 10.3 Å². The van der Waals surface area contributed by atoms with Gasteiger partial charge in [-0.3, -0.25) is 0 Å². The van der Waals surface area contributed by atoms with E-state index in [0.29, 0.717) is 5.82 Å². The first-order valence-electron chi connectivity index (χ1n) is 10.4. The highest BCUT2D eigenvalue weighted by Gasteiger charge is 2.50. The van der Waals surface area contributed by atoms with Crippen LogP contribution in [0.15, 0.2) is 72.9 Å². The summed E-state index contributed by atoms with van der Waals surface area (Å²) < 4.78 is 11.9. The molecule has 2 aromatic carbocycles. The molecule has 0 aliphatic heterocycles. The average Bonchev–Trinajstić information content (AvgIpc) is 2.78. The number of carbonyl (C=O) groups is 1. The van der Waals surface area contributed by atoms with Gasteiger partial charge in [-0.05, 0) is 33.1 Å². The summed E-state index contributed by atoms with van der Waals surface area (Å²) in [6.07, 6.45) is 1.52. The third kappa shape index (κ3) is 5.18. The molecule has 0 aliphatic rings. The summed E-state index contributed by atoms with van der Waals surface area (Å²) in [7, 11) is -1.45. The van der Waals surface area contributed by atoms with Crippen molar-refractivity contribution in [3.63, 3.8) is 0 Å². The number of hydrogen-bond donors (Lipinski definition) is 1. The molecule has 0 saturated heterocycles. The van der Waals surface area contributed by atoms with Gasteiger partial charge in [0.2, 0.25) is 5.28 Å². The van der Waals surface area contributed by atoms with Gasteiger partial charge in [-0.25, -0.2) is 14.8 Å². The number of aromatic nitrogens is 2. The molecule has 0 radical (unpaired) electrons. The number of methoxy groups -OCH3 is 1. The summed E-state index contributed by atoms with van der Waals surface area (Å²) in [5.41, 5.74) is 0. The van der Waals surface area contributed by atoms with Crippen molar-refractivity contribution in [2.45, 2.75) is 31.9 Å². The molecule has 0 aliphatic carbocycles. The zero-order valence-corrected chi connectivity index (χ0v) is 20.5. The van der Waals surface area contributed by atoms with Crippen molar-refractivity contribution in [1.82, 2.24) is 9.97 Å². The Kier molecular flexibility index (Phi) is 7.66. The van der Waals surface area contributed by atoms with Crippen molar-refractivity contribution in [2.24, 2.45) is 0 Å². The second-order valence-corrected chi connectivity index (χ2v) is 13.0. The van der Waals surface area contributed by atoms with Crippen LogP contribution in [0.3, 0.4) is 0 Å². The van der Waals surface area contributed by atoms with Crippen molar-refractivity contribution in [3.05, 3.63) is 78.2 Å². The number of nitrogens with one attached hydrogen (secondary N) is 1. The van der Waals surface area contributed by atoms with E-state index in [1.165, 1.54) is 13.3 Å². The summed E-state index contributed by atoms with van der Waals surface area (Å²) in [5, 5.41) is 5.22. The maximum atomic E-state index is 12.6. The third-order valence-corrected chi connectivity index (χ3v) is 10.5. The Hall–Kier alpha value is -2.74. The van der Waals surface area contributed by atoms with Gasteiger partial charge in [-0.1, -0.05) is 81.4 Å². The Balaban J connectivity index is 2.02. The molecule has 0 fully saturated rings. The van der Waals surface area contributed by atoms with Crippen LogP contribution in [0.4, 0.5) is 5.82 Å². The van der Waals surface area contributed by atoms with E-state index in [2.05, 4.69) is 60.3 Å². The molecule has 168 valence electrons. The van der Waals surface area contributed by atoms with Crippen LogP contribution in [-0.2, 0) is 14.0 Å². The van der Waals surface area contributed by atoms with Gasteiger partial charge in [0.25, 0.3) is 8.32 Å². The molecule has 3 rings (SSSR count). The molecule has 8 heteroatoms. The van der Waals surface area contributed by atoms with E-state index in [1.54, 1.807) is 6.07 Å². The highest BCUT2D eigenvalue weighted by molar-refractivity contribution is 6.99. The number of rotatable bonds is 8. The second-order valence-electron chi connectivity index (χ2n) is 8.41. The Morgan fingerprint density at radius 2 is 1.59 bits per heavy atom. The minimum Gasteiger partial charge on any atom is -0.467 e. The normalized spacial score (nSPS) is 12.8. The lowest BCUT2D eigenvalue weighted by Gasteiger charge is -2.43. The van der Waals surface area contributed by atoms with E-state index in [1.807, 2.05) is 36.4 Å². The lowest BCUT2D eigenvalue weighted by atomic mass is 10.2. The van der Waals surface area contributed by atoms with E-state index >= 15 is 0 Å². The van der Waals surface area contributed by atoms with Crippen LogP contribution in [0.5, 0.6) is 0 Å². The molecule has 0 spiro atoms. The number of ether oxygens (including phenoxy) is 1. The second kappa shape index (κ2) is 10.2. The summed E-state index contributed by atoms with van der Waals surface area (Å²) in [4.78, 5) is 20.6. The maximum Gasteiger partial charge on any atom is 0.330 e. The van der Waals surface area contributed by atoms with Crippen LogP contribution < -0.4 is 15.7 Å². The molecule has 0 unspecified atom stereocenters. The molecule has 1 heterocycles. The number of hydrogen-bond acceptors (Lipinski definition) is 6. The lowest BCUT2D eigenvalue weighted by Crippen LogP contribution is -2.67. The van der Waals surface area contributed by atoms with Crippen LogP contribution >= 0.6 is 11.6 Å². The fraction of sp³-hybridized carbons (Fsp3) is 0.292. The zero-order valence-electron chi connectivity index (χ0n) is 18.7. The van der Waals surface area contributed by atoms with Crippen molar-refractivity contribution in [2.75, 3.05) is 19.0 Å². The number of benzene rings is 2. The zero-order chi connectivity index (χ0) is 23.2. The minimum absolute atomic E-state index is 0.0894. The summed E-state index contributed by atoms with van der Waals surface area (Å²) in [6.45, 7) is 6.65. The molecule has 1 aromatic heterocycles. The molecular weight excluding hydrogens is 442 g/mol. The molecule has 32 heavy (non-hydrogen) atoms. The monoisotopic (exact) mass is 469 g/mol. The first-order chi connectivity index (χ1) is 15.3. The van der Waals surface area contributed by atoms with Gasteiger partial charge >= 0.3 is 5.97 Å². The van der Waals surface area contributed by atoms with Crippen LogP contribution in [0.1, 0.15) is 20.8 Å². The third-order valence-electron chi connectivity index (χ3n) is 5.32. The number of esters is 1. The van der Waals surface area contributed by atoms with Crippen molar-refractivity contribution in [1.29, 1.82) is 0 Å². The van der Waals surface area contributed by atoms with Gasteiger partial charge in [0.15, 0.2) is 0 Å². The van der Waals surface area contributed by atoms with E-state index in [4.69, 9.17) is 20.8 Å². The molecule has 3 aromatic rings. The van der Waals surface area contributed by atoms with E-state index < -0.39 is 20.3 Å². The topological polar surface area (TPSA) is 73.3 Å². The quantitative estimate of drug-likeness (QED) is 0.308. The van der Waals surface area contributed by atoms with Gasteiger partial charge in [0.1, 0.15) is 11.9 Å². The highest BCUT2D eigenvalue weighted by atomic mass is 35.5. The Labute approximate surface area is 195 Å². The van der Waals surface area contributed by atoms with Gasteiger partial charge in [0.05, 0.1) is 13.7 Å². The van der Waals surface area contributed by atoms with E-state index in [0.717, 1.165) is 10.4 Å². The molecule has 0 saturated carbocycles. The van der Waals surface area contributed by atoms with Crippen LogP contribution in [0.25, 0.3) is 0 Å². The summed E-state index contributed by atoms with van der Waals surface area (Å²) in [6, 6.07) is 21.4. The predicted octanol–water partition coefficient (Wildman–Crippen LogP) is 3.66. The van der Waals surface area contributed by atoms with Gasteiger partial charge in [-0.2, -0.15) is 0 Å². The lowest BCUT2D eigenvalue weighted by molar-refractivity contribution is -0.142. The van der Waals surface area contributed by atoms with Crippen molar-refractivity contribution >= 4 is 42.1 Å². The highest BCUT2D eigenvalue weighted by Crippen LogP contribution is 2.36. The smallest absolute Gasteiger partial charge is 0.330 e. The van der Waals surface area contributed by atoms with Crippen molar-refractivity contribution in [3.8, 4) is 0 Å². The van der Waals surface area contributed by atoms with E-state index in [-0.39, 0.29) is 16.9 Å². The average molecular weight is 470 g/mol. The van der Waals surface area contributed by atoms with Gasteiger partial charge in [0, 0.05) is 6.20 Å². The molecule has 0 amide bonds. The fourth-order valence-electron chi connectivity index (χ4n) is 3.87. The molecule has 6 nitrogen and oxygen atoms in total. The predicted molar refractivity (Wildman–Crippen MR) is 130 cm³/mol. The van der Waals surface area contributed by atoms with E-state index in [9.17, 15) is 4.79 Å². The molecule has 0 bridgehead atoms. The minimum atomic E-state index is -2.81. The molecular formula is C24H28ClN3O3Si. The largest absolute Gasteiger partial charge is 0.467 e. The Morgan fingerprint density at radius 1 is 1.03 bits per heavy atom. The Morgan fingerprint density at radius 3 is 2.06 bits per heavy atom. The number of halogens is 1. The first kappa shape index (κ1) is 23.9. The van der Waals surface area contributed by atoms with Crippen LogP contribution in [-0.4, -0.2) is 44.0 Å². The Bertz CT molecular complexity index is 990. The van der Waals surface area contributed by atoms with Gasteiger partial charge in [-0.15, -0.1) is 0 Å². The molecule has 1 N–H and O–H groups in total. The summed E-state index contributed by atoms with van der Waals surface area (Å²) >= 11 is 5.91.